The third kappa shape index (κ3) is 2.75. The highest BCUT2D eigenvalue weighted by molar-refractivity contribution is 6.75. The third-order valence-corrected chi connectivity index (χ3v) is 6.61. The third-order valence-electron chi connectivity index (χ3n) is 3.81. The van der Waals surface area contributed by atoms with E-state index in [1.165, 1.54) is 5.56 Å². The number of nitrogens with zero attached hydrogens (tertiary/aromatic N) is 1. The van der Waals surface area contributed by atoms with Crippen LogP contribution in [0, 0.1) is 0 Å². The Morgan fingerprint density at radius 2 is 1.47 bits per heavy atom. The van der Waals surface area contributed by atoms with Crippen LogP contribution >= 0.6 is 0 Å². The molecule has 104 valence electrons. The number of rotatable bonds is 2. The minimum Gasteiger partial charge on any atom is -0.369 e. The Kier molecular flexibility index (Phi) is 4.00. The first-order valence-electron chi connectivity index (χ1n) is 7.06. The van der Waals surface area contributed by atoms with Crippen LogP contribution in [0.25, 0.3) is 0 Å². The largest absolute Gasteiger partial charge is 0.537 e. The molecule has 3 aliphatic rings. The summed E-state index contributed by atoms with van der Waals surface area (Å²) in [6.45, 7) is 7.19. The van der Waals surface area contributed by atoms with Crippen LogP contribution in [0.15, 0.2) is 24.3 Å². The molecular formula is C14H21NO3Si. The molecule has 0 aromatic heterocycles. The number of benzene rings is 1. The highest BCUT2D eigenvalue weighted by Gasteiger charge is 2.46. The molecule has 0 N–H and O–H groups in total. The molecule has 4 rings (SSSR count). The normalized spacial score (nSPS) is 31.5. The average molecular weight is 279 g/mol. The van der Waals surface area contributed by atoms with Gasteiger partial charge in [-0.3, -0.25) is 4.90 Å². The van der Waals surface area contributed by atoms with E-state index in [-0.39, 0.29) is 0 Å². The molecule has 0 saturated carbocycles. The molecule has 3 aliphatic heterocycles. The Balaban J connectivity index is 1.88. The molecule has 3 fully saturated rings. The first kappa shape index (κ1) is 13.3. The van der Waals surface area contributed by atoms with Crippen molar-refractivity contribution in [2.75, 3.05) is 39.5 Å². The lowest BCUT2D eigenvalue weighted by Crippen LogP contribution is -2.62. The quantitative estimate of drug-likeness (QED) is 0.749. The van der Waals surface area contributed by atoms with Gasteiger partial charge in [0.2, 0.25) is 0 Å². The van der Waals surface area contributed by atoms with Gasteiger partial charge in [-0.15, -0.1) is 0 Å². The second kappa shape index (κ2) is 5.72. The van der Waals surface area contributed by atoms with E-state index in [1.807, 2.05) is 0 Å². The summed E-state index contributed by atoms with van der Waals surface area (Å²) in [6, 6.07) is 8.53. The van der Waals surface area contributed by atoms with Crippen LogP contribution in [0.3, 0.4) is 0 Å². The van der Waals surface area contributed by atoms with Crippen molar-refractivity contribution in [1.82, 2.24) is 4.90 Å². The topological polar surface area (TPSA) is 30.9 Å². The van der Waals surface area contributed by atoms with E-state index in [2.05, 4.69) is 36.1 Å². The molecule has 0 amide bonds. The zero-order valence-corrected chi connectivity index (χ0v) is 12.4. The van der Waals surface area contributed by atoms with Crippen LogP contribution in [0.4, 0.5) is 0 Å². The average Bonchev–Trinajstić information content (AvgIpc) is 2.37. The zero-order chi connectivity index (χ0) is 13.1. The Morgan fingerprint density at radius 3 is 1.95 bits per heavy atom. The summed E-state index contributed by atoms with van der Waals surface area (Å²) in [5.41, 5.74) is 1.33. The van der Waals surface area contributed by atoms with Crippen LogP contribution in [-0.2, 0) is 19.7 Å². The van der Waals surface area contributed by atoms with Gasteiger partial charge in [-0.05, 0) is 12.0 Å². The zero-order valence-electron chi connectivity index (χ0n) is 11.4. The van der Waals surface area contributed by atoms with Crippen molar-refractivity contribution in [2.45, 2.75) is 13.3 Å². The summed E-state index contributed by atoms with van der Waals surface area (Å²) in [4.78, 5) is 2.33. The Bertz CT molecular complexity index is 397. The Labute approximate surface area is 115 Å². The predicted octanol–water partition coefficient (Wildman–Crippen LogP) is 0.774. The van der Waals surface area contributed by atoms with Gasteiger partial charge >= 0.3 is 8.80 Å². The van der Waals surface area contributed by atoms with E-state index in [1.54, 1.807) is 0 Å². The fourth-order valence-electron chi connectivity index (χ4n) is 2.58. The van der Waals surface area contributed by atoms with E-state index < -0.39 is 8.80 Å². The van der Waals surface area contributed by atoms with Gasteiger partial charge in [-0.25, -0.2) is 0 Å². The fraction of sp³-hybridized carbons (Fsp3) is 0.571. The highest BCUT2D eigenvalue weighted by Crippen LogP contribution is 2.16. The first-order chi connectivity index (χ1) is 9.32. The van der Waals surface area contributed by atoms with Crippen molar-refractivity contribution in [3.63, 3.8) is 0 Å². The molecular weight excluding hydrogens is 258 g/mol. The second-order valence-electron chi connectivity index (χ2n) is 4.99. The summed E-state index contributed by atoms with van der Waals surface area (Å²) < 4.78 is 18.2. The number of hydrogen-bond donors (Lipinski definition) is 0. The van der Waals surface area contributed by atoms with Crippen molar-refractivity contribution in [2.24, 2.45) is 0 Å². The Morgan fingerprint density at radius 1 is 0.947 bits per heavy atom. The van der Waals surface area contributed by atoms with Gasteiger partial charge < -0.3 is 13.3 Å². The van der Waals surface area contributed by atoms with Crippen LogP contribution in [-0.4, -0.2) is 53.2 Å². The summed E-state index contributed by atoms with van der Waals surface area (Å²) in [5.74, 6) is 0. The van der Waals surface area contributed by atoms with Gasteiger partial charge in [0.25, 0.3) is 0 Å². The van der Waals surface area contributed by atoms with Crippen molar-refractivity contribution in [3.05, 3.63) is 29.8 Å². The minimum atomic E-state index is -2.67. The molecule has 3 heterocycles. The van der Waals surface area contributed by atoms with Crippen LogP contribution < -0.4 is 5.19 Å². The lowest BCUT2D eigenvalue weighted by Gasteiger charge is -2.38. The van der Waals surface area contributed by atoms with Crippen molar-refractivity contribution >= 4 is 14.0 Å². The van der Waals surface area contributed by atoms with Crippen molar-refractivity contribution in [3.8, 4) is 0 Å². The van der Waals surface area contributed by atoms with Crippen LogP contribution in [0.5, 0.6) is 0 Å². The lowest BCUT2D eigenvalue weighted by molar-refractivity contribution is 0.00141. The SMILES string of the molecule is CCc1ccc([Si]23OCCN(CCO2)CCO3)cc1. The molecule has 0 unspecified atom stereocenters. The minimum absolute atomic E-state index is 0.696. The lowest BCUT2D eigenvalue weighted by atomic mass is 10.2. The number of aryl methyl sites for hydroxylation is 1. The van der Waals surface area contributed by atoms with Gasteiger partial charge in [0, 0.05) is 24.8 Å². The molecule has 1 aromatic rings. The summed E-state index contributed by atoms with van der Waals surface area (Å²) >= 11 is 0. The first-order valence-corrected chi connectivity index (χ1v) is 8.78. The monoisotopic (exact) mass is 279 g/mol. The maximum Gasteiger partial charge on any atom is 0.537 e. The fourth-order valence-corrected chi connectivity index (χ4v) is 4.99. The van der Waals surface area contributed by atoms with Gasteiger partial charge in [0.1, 0.15) is 0 Å². The highest BCUT2D eigenvalue weighted by atomic mass is 28.4. The second-order valence-corrected chi connectivity index (χ2v) is 7.55. The van der Waals surface area contributed by atoms with Gasteiger partial charge in [0.15, 0.2) is 0 Å². The standard InChI is InChI=1S/C14H21NO3Si/c1-2-13-3-5-14(6-4-13)19-16-10-7-15(8-11-17-19)9-12-18-19/h3-6H,2,7-12H2,1H3. The van der Waals surface area contributed by atoms with E-state index in [4.69, 9.17) is 13.3 Å². The molecule has 0 spiro atoms. The van der Waals surface area contributed by atoms with Gasteiger partial charge in [-0.1, -0.05) is 31.2 Å². The molecule has 0 radical (unpaired) electrons. The Hall–Kier alpha value is -0.723. The van der Waals surface area contributed by atoms with E-state index in [0.717, 1.165) is 31.2 Å². The molecule has 2 bridgehead atoms. The smallest absolute Gasteiger partial charge is 0.369 e. The molecule has 1 aromatic carbocycles. The molecule has 0 aliphatic carbocycles. The molecule has 19 heavy (non-hydrogen) atoms. The molecule has 3 saturated heterocycles. The maximum absolute atomic E-state index is 6.05. The predicted molar refractivity (Wildman–Crippen MR) is 75.5 cm³/mol. The van der Waals surface area contributed by atoms with Gasteiger partial charge in [-0.2, -0.15) is 0 Å². The van der Waals surface area contributed by atoms with E-state index >= 15 is 0 Å². The number of hydrogen-bond acceptors (Lipinski definition) is 4. The van der Waals surface area contributed by atoms with Crippen LogP contribution in [0.2, 0.25) is 0 Å². The summed E-state index contributed by atoms with van der Waals surface area (Å²) in [6.07, 6.45) is 1.05. The molecule has 5 heteroatoms. The van der Waals surface area contributed by atoms with Gasteiger partial charge in [0.05, 0.1) is 19.8 Å². The summed E-state index contributed by atoms with van der Waals surface area (Å²) in [7, 11) is -2.67. The van der Waals surface area contributed by atoms with Crippen LogP contribution in [0.1, 0.15) is 12.5 Å². The van der Waals surface area contributed by atoms with E-state index in [9.17, 15) is 0 Å². The van der Waals surface area contributed by atoms with Crippen molar-refractivity contribution < 1.29 is 13.3 Å². The number of fused-ring (bicyclic) bond motifs is 6. The van der Waals surface area contributed by atoms with E-state index in [0.29, 0.717) is 19.8 Å². The van der Waals surface area contributed by atoms with Crippen molar-refractivity contribution in [1.29, 1.82) is 0 Å². The molecule has 0 atom stereocenters. The molecule has 4 nitrogen and oxygen atoms in total. The maximum atomic E-state index is 6.05. The summed E-state index contributed by atoms with van der Waals surface area (Å²) in [5, 5.41) is 1.10.